The number of aromatic nitrogens is 1. The number of nitrogens with zero attached hydrogens (tertiary/aromatic N) is 2. The average Bonchev–Trinajstić information content (AvgIpc) is 2.92. The molecule has 5 nitrogen and oxygen atoms in total. The Morgan fingerprint density at radius 1 is 1.22 bits per heavy atom. The molecule has 0 radical (unpaired) electrons. The summed E-state index contributed by atoms with van der Waals surface area (Å²) in [4.78, 5) is 30.1. The SMILES string of the molecule is O=C(Nc1ccc(Br)cc1)C1CC(=O)N(Cc2ccncc2)C1. The second-order valence-electron chi connectivity index (χ2n) is 5.53. The van der Waals surface area contributed by atoms with Crippen molar-refractivity contribution in [3.05, 3.63) is 58.8 Å². The van der Waals surface area contributed by atoms with Gasteiger partial charge in [-0.15, -0.1) is 0 Å². The molecule has 1 unspecified atom stereocenters. The summed E-state index contributed by atoms with van der Waals surface area (Å²) in [5.41, 5.74) is 1.75. The van der Waals surface area contributed by atoms with E-state index in [1.165, 1.54) is 0 Å². The fraction of sp³-hybridized carbons (Fsp3) is 0.235. The molecule has 1 aliphatic rings. The molecule has 1 fully saturated rings. The van der Waals surface area contributed by atoms with Crippen molar-refractivity contribution in [1.82, 2.24) is 9.88 Å². The quantitative estimate of drug-likeness (QED) is 0.895. The van der Waals surface area contributed by atoms with E-state index in [0.29, 0.717) is 13.1 Å². The van der Waals surface area contributed by atoms with E-state index in [4.69, 9.17) is 0 Å². The number of halogens is 1. The Kier molecular flexibility index (Phi) is 4.71. The summed E-state index contributed by atoms with van der Waals surface area (Å²) in [6, 6.07) is 11.1. The molecule has 0 saturated carbocycles. The zero-order valence-electron chi connectivity index (χ0n) is 12.4. The van der Waals surface area contributed by atoms with Crippen LogP contribution in [0, 0.1) is 5.92 Å². The second-order valence-corrected chi connectivity index (χ2v) is 6.44. The Labute approximate surface area is 142 Å². The molecule has 2 heterocycles. The number of anilines is 1. The lowest BCUT2D eigenvalue weighted by atomic mass is 10.1. The van der Waals surface area contributed by atoms with Crippen LogP contribution < -0.4 is 5.32 Å². The van der Waals surface area contributed by atoms with Gasteiger partial charge in [-0.2, -0.15) is 0 Å². The Morgan fingerprint density at radius 2 is 1.91 bits per heavy atom. The maximum atomic E-state index is 12.3. The van der Waals surface area contributed by atoms with Crippen LogP contribution in [-0.4, -0.2) is 28.2 Å². The maximum Gasteiger partial charge on any atom is 0.229 e. The third-order valence-electron chi connectivity index (χ3n) is 3.82. The molecule has 1 atom stereocenters. The highest BCUT2D eigenvalue weighted by Crippen LogP contribution is 2.22. The van der Waals surface area contributed by atoms with Crippen molar-refractivity contribution < 1.29 is 9.59 Å². The summed E-state index contributed by atoms with van der Waals surface area (Å²) in [5.74, 6) is -0.413. The Hall–Kier alpha value is -2.21. The van der Waals surface area contributed by atoms with Crippen molar-refractivity contribution in [3.8, 4) is 0 Å². The lowest BCUT2D eigenvalue weighted by Gasteiger charge is -2.16. The van der Waals surface area contributed by atoms with E-state index < -0.39 is 0 Å². The number of pyridine rings is 1. The minimum atomic E-state index is -0.312. The van der Waals surface area contributed by atoms with Crippen LogP contribution in [0.3, 0.4) is 0 Å². The van der Waals surface area contributed by atoms with Gasteiger partial charge in [0.2, 0.25) is 11.8 Å². The summed E-state index contributed by atoms with van der Waals surface area (Å²) >= 11 is 3.36. The number of rotatable bonds is 4. The Balaban J connectivity index is 1.60. The number of hydrogen-bond acceptors (Lipinski definition) is 3. The molecule has 1 aliphatic heterocycles. The fourth-order valence-corrected chi connectivity index (χ4v) is 2.85. The van der Waals surface area contributed by atoms with Gasteiger partial charge in [-0.1, -0.05) is 15.9 Å². The van der Waals surface area contributed by atoms with Crippen molar-refractivity contribution in [2.75, 3.05) is 11.9 Å². The summed E-state index contributed by atoms with van der Waals surface area (Å²) < 4.78 is 0.954. The van der Waals surface area contributed by atoms with Gasteiger partial charge in [0.05, 0.1) is 5.92 Å². The summed E-state index contributed by atoms with van der Waals surface area (Å²) in [7, 11) is 0. The van der Waals surface area contributed by atoms with Gasteiger partial charge in [0.25, 0.3) is 0 Å². The molecule has 0 bridgehead atoms. The van der Waals surface area contributed by atoms with Gasteiger partial charge in [0, 0.05) is 42.1 Å². The molecule has 6 heteroatoms. The molecule has 23 heavy (non-hydrogen) atoms. The molecule has 118 valence electrons. The van der Waals surface area contributed by atoms with E-state index in [1.54, 1.807) is 17.3 Å². The van der Waals surface area contributed by atoms with Crippen molar-refractivity contribution in [2.24, 2.45) is 5.92 Å². The molecular formula is C17H16BrN3O2. The standard InChI is InChI=1S/C17H16BrN3O2/c18-14-1-3-15(4-2-14)20-17(23)13-9-16(22)21(11-13)10-12-5-7-19-8-6-12/h1-8,13H,9-11H2,(H,20,23). The lowest BCUT2D eigenvalue weighted by molar-refractivity contribution is -0.128. The Morgan fingerprint density at radius 3 is 2.61 bits per heavy atom. The molecule has 1 N–H and O–H groups in total. The highest BCUT2D eigenvalue weighted by molar-refractivity contribution is 9.10. The summed E-state index contributed by atoms with van der Waals surface area (Å²) in [5, 5.41) is 2.87. The first-order valence-electron chi connectivity index (χ1n) is 7.35. The molecule has 1 aromatic heterocycles. The monoisotopic (exact) mass is 373 g/mol. The number of hydrogen-bond donors (Lipinski definition) is 1. The number of nitrogens with one attached hydrogen (secondary N) is 1. The van der Waals surface area contributed by atoms with E-state index in [9.17, 15) is 9.59 Å². The van der Waals surface area contributed by atoms with Crippen LogP contribution in [0.25, 0.3) is 0 Å². The number of benzene rings is 1. The van der Waals surface area contributed by atoms with Gasteiger partial charge in [0.1, 0.15) is 0 Å². The van der Waals surface area contributed by atoms with Gasteiger partial charge in [0.15, 0.2) is 0 Å². The zero-order valence-corrected chi connectivity index (χ0v) is 14.0. The fourth-order valence-electron chi connectivity index (χ4n) is 2.59. The predicted molar refractivity (Wildman–Crippen MR) is 90.5 cm³/mol. The largest absolute Gasteiger partial charge is 0.338 e. The predicted octanol–water partition coefficient (Wildman–Crippen LogP) is 2.83. The molecule has 1 aromatic carbocycles. The second kappa shape index (κ2) is 6.91. The molecule has 2 aromatic rings. The zero-order chi connectivity index (χ0) is 16.2. The van der Waals surface area contributed by atoms with Crippen LogP contribution in [0.2, 0.25) is 0 Å². The first-order chi connectivity index (χ1) is 11.1. The minimum Gasteiger partial charge on any atom is -0.338 e. The number of carbonyl (C=O) groups is 2. The summed E-state index contributed by atoms with van der Waals surface area (Å²) in [6.07, 6.45) is 3.66. The topological polar surface area (TPSA) is 62.3 Å². The van der Waals surface area contributed by atoms with E-state index in [0.717, 1.165) is 15.7 Å². The molecule has 0 aliphatic carbocycles. The van der Waals surface area contributed by atoms with Gasteiger partial charge < -0.3 is 10.2 Å². The normalized spacial score (nSPS) is 17.3. The minimum absolute atomic E-state index is 0.0118. The van der Waals surface area contributed by atoms with Gasteiger partial charge in [-0.3, -0.25) is 14.6 Å². The highest BCUT2D eigenvalue weighted by Gasteiger charge is 2.34. The van der Waals surface area contributed by atoms with Crippen LogP contribution in [0.5, 0.6) is 0 Å². The lowest BCUT2D eigenvalue weighted by Crippen LogP contribution is -2.28. The molecule has 2 amide bonds. The number of carbonyl (C=O) groups excluding carboxylic acids is 2. The number of amides is 2. The third kappa shape index (κ3) is 3.96. The van der Waals surface area contributed by atoms with Crippen LogP contribution in [0.1, 0.15) is 12.0 Å². The molecule has 3 rings (SSSR count). The van der Waals surface area contributed by atoms with E-state index in [2.05, 4.69) is 26.2 Å². The van der Waals surface area contributed by atoms with Crippen molar-refractivity contribution in [1.29, 1.82) is 0 Å². The van der Waals surface area contributed by atoms with Gasteiger partial charge in [-0.05, 0) is 42.0 Å². The number of likely N-dealkylation sites (tertiary alicyclic amines) is 1. The molecule has 1 saturated heterocycles. The summed E-state index contributed by atoms with van der Waals surface area (Å²) in [6.45, 7) is 0.965. The highest BCUT2D eigenvalue weighted by atomic mass is 79.9. The van der Waals surface area contributed by atoms with Gasteiger partial charge >= 0.3 is 0 Å². The van der Waals surface area contributed by atoms with Crippen molar-refractivity contribution in [3.63, 3.8) is 0 Å². The van der Waals surface area contributed by atoms with E-state index >= 15 is 0 Å². The van der Waals surface area contributed by atoms with E-state index in [1.807, 2.05) is 36.4 Å². The van der Waals surface area contributed by atoms with E-state index in [-0.39, 0.29) is 24.2 Å². The first kappa shape index (κ1) is 15.7. The van der Waals surface area contributed by atoms with Crippen molar-refractivity contribution in [2.45, 2.75) is 13.0 Å². The van der Waals surface area contributed by atoms with Crippen molar-refractivity contribution >= 4 is 33.4 Å². The van der Waals surface area contributed by atoms with Crippen LogP contribution in [0.15, 0.2) is 53.3 Å². The van der Waals surface area contributed by atoms with Crippen LogP contribution >= 0.6 is 15.9 Å². The maximum absolute atomic E-state index is 12.3. The molecule has 0 spiro atoms. The first-order valence-corrected chi connectivity index (χ1v) is 8.14. The van der Waals surface area contributed by atoms with Gasteiger partial charge in [-0.25, -0.2) is 0 Å². The Bertz CT molecular complexity index is 704. The molecular weight excluding hydrogens is 358 g/mol. The van der Waals surface area contributed by atoms with Crippen LogP contribution in [-0.2, 0) is 16.1 Å². The third-order valence-corrected chi connectivity index (χ3v) is 4.35. The smallest absolute Gasteiger partial charge is 0.229 e. The van der Waals surface area contributed by atoms with Crippen LogP contribution in [0.4, 0.5) is 5.69 Å². The average molecular weight is 374 g/mol.